The summed E-state index contributed by atoms with van der Waals surface area (Å²) in [6, 6.07) is 25.6. The first kappa shape index (κ1) is 17.7. The van der Waals surface area contributed by atoms with Crippen molar-refractivity contribution in [3.63, 3.8) is 0 Å². The first-order valence-corrected chi connectivity index (χ1v) is 9.49. The summed E-state index contributed by atoms with van der Waals surface area (Å²) in [5, 5.41) is 14.8. The number of ether oxygens (including phenoxy) is 1. The van der Waals surface area contributed by atoms with Gasteiger partial charge in [0.05, 0.1) is 17.2 Å². The smallest absolute Gasteiger partial charge is 0.229 e. The van der Waals surface area contributed by atoms with Gasteiger partial charge in [-0.1, -0.05) is 54.6 Å². The number of pyridine rings is 1. The Morgan fingerprint density at radius 1 is 0.967 bits per heavy atom. The van der Waals surface area contributed by atoms with E-state index in [1.807, 2.05) is 72.8 Å². The second-order valence-electron chi connectivity index (χ2n) is 6.89. The van der Waals surface area contributed by atoms with Gasteiger partial charge in [0.2, 0.25) is 11.8 Å². The molecule has 1 atom stereocenters. The van der Waals surface area contributed by atoms with Crippen LogP contribution in [0.3, 0.4) is 0 Å². The minimum atomic E-state index is -0.430. The lowest BCUT2D eigenvalue weighted by atomic mass is 9.83. The van der Waals surface area contributed by atoms with Gasteiger partial charge in [-0.25, -0.2) is 0 Å². The Morgan fingerprint density at radius 2 is 1.70 bits per heavy atom. The average Bonchev–Trinajstić information content (AvgIpc) is 3.19. The normalized spacial score (nSPS) is 15.2. The second kappa shape index (κ2) is 7.22. The van der Waals surface area contributed by atoms with E-state index in [2.05, 4.69) is 11.1 Å². The van der Waals surface area contributed by atoms with E-state index in [0.717, 1.165) is 28.1 Å². The number of nitriles is 1. The van der Waals surface area contributed by atoms with Crippen LogP contribution >= 0.6 is 0 Å². The van der Waals surface area contributed by atoms with Crippen LogP contribution in [-0.4, -0.2) is 14.8 Å². The maximum Gasteiger partial charge on any atom is 0.229 e. The van der Waals surface area contributed by atoms with Crippen molar-refractivity contribution in [1.29, 1.82) is 5.26 Å². The van der Waals surface area contributed by atoms with Crippen LogP contribution in [0.25, 0.3) is 16.9 Å². The molecule has 6 heteroatoms. The fourth-order valence-corrected chi connectivity index (χ4v) is 3.77. The van der Waals surface area contributed by atoms with Crippen LogP contribution in [0, 0.1) is 11.3 Å². The Labute approximate surface area is 173 Å². The number of hydrogen-bond donors (Lipinski definition) is 1. The highest BCUT2D eigenvalue weighted by atomic mass is 16.5. The Morgan fingerprint density at radius 3 is 2.37 bits per heavy atom. The molecule has 0 unspecified atom stereocenters. The maximum atomic E-state index is 9.89. The minimum Gasteiger partial charge on any atom is -0.422 e. The van der Waals surface area contributed by atoms with Gasteiger partial charge in [-0.15, -0.1) is 0 Å². The van der Waals surface area contributed by atoms with Gasteiger partial charge in [0.15, 0.2) is 0 Å². The quantitative estimate of drug-likeness (QED) is 0.567. The monoisotopic (exact) mass is 391 g/mol. The van der Waals surface area contributed by atoms with Crippen LogP contribution in [0.2, 0.25) is 0 Å². The molecule has 0 amide bonds. The zero-order chi connectivity index (χ0) is 20.5. The average molecular weight is 391 g/mol. The van der Waals surface area contributed by atoms with Crippen molar-refractivity contribution in [1.82, 2.24) is 14.8 Å². The Kier molecular flexibility index (Phi) is 4.26. The van der Waals surface area contributed by atoms with E-state index < -0.39 is 5.92 Å². The molecular formula is C24H17N5O. The standard InChI is InChI=1S/C24H17N5O/c25-14-19-20(17-10-7-13-27-15-17)21-22(16-8-3-1-4-9-16)28-29(24(21)30-23(19)26)18-11-5-2-6-12-18/h1-13,15,20H,26H2/t20-/m0/s1. The summed E-state index contributed by atoms with van der Waals surface area (Å²) in [7, 11) is 0. The van der Waals surface area contributed by atoms with E-state index in [1.165, 1.54) is 0 Å². The summed E-state index contributed by atoms with van der Waals surface area (Å²) in [6.07, 6.45) is 3.45. The van der Waals surface area contributed by atoms with Gasteiger partial charge in [-0.3, -0.25) is 4.98 Å². The van der Waals surface area contributed by atoms with Crippen LogP contribution in [0.5, 0.6) is 5.88 Å². The van der Waals surface area contributed by atoms with Crippen LogP contribution in [0.4, 0.5) is 0 Å². The van der Waals surface area contributed by atoms with E-state index in [4.69, 9.17) is 15.6 Å². The molecule has 0 radical (unpaired) electrons. The molecule has 0 bridgehead atoms. The van der Waals surface area contributed by atoms with Gasteiger partial charge < -0.3 is 10.5 Å². The Bertz CT molecular complexity index is 1270. The van der Waals surface area contributed by atoms with E-state index in [1.54, 1.807) is 17.1 Å². The number of rotatable bonds is 3. The summed E-state index contributed by atoms with van der Waals surface area (Å²) in [6.45, 7) is 0. The SMILES string of the molecule is N#CC1=C(N)Oc2c(c(-c3ccccc3)nn2-c2ccccc2)[C@H]1c1cccnc1. The highest BCUT2D eigenvalue weighted by Gasteiger charge is 2.37. The lowest BCUT2D eigenvalue weighted by Gasteiger charge is -2.25. The van der Waals surface area contributed by atoms with Crippen molar-refractivity contribution in [3.05, 3.63) is 108 Å². The molecule has 5 rings (SSSR count). The molecule has 0 saturated carbocycles. The summed E-state index contributed by atoms with van der Waals surface area (Å²) in [5.74, 6) is 0.154. The fourth-order valence-electron chi connectivity index (χ4n) is 3.77. The number of fused-ring (bicyclic) bond motifs is 1. The number of para-hydroxylation sites is 1. The highest BCUT2D eigenvalue weighted by molar-refractivity contribution is 5.72. The molecule has 3 heterocycles. The van der Waals surface area contributed by atoms with Crippen molar-refractivity contribution in [2.75, 3.05) is 0 Å². The van der Waals surface area contributed by atoms with Gasteiger partial charge in [0.25, 0.3) is 0 Å². The van der Waals surface area contributed by atoms with E-state index in [9.17, 15) is 5.26 Å². The molecule has 1 aliphatic rings. The van der Waals surface area contributed by atoms with E-state index in [0.29, 0.717) is 11.5 Å². The van der Waals surface area contributed by atoms with Crippen molar-refractivity contribution < 1.29 is 4.74 Å². The molecule has 1 aliphatic heterocycles. The molecule has 0 spiro atoms. The van der Waals surface area contributed by atoms with Crippen LogP contribution < -0.4 is 10.5 Å². The molecule has 2 aromatic heterocycles. The highest BCUT2D eigenvalue weighted by Crippen LogP contribution is 2.47. The van der Waals surface area contributed by atoms with E-state index in [-0.39, 0.29) is 5.88 Å². The minimum absolute atomic E-state index is 0.0792. The molecule has 6 nitrogen and oxygen atoms in total. The third kappa shape index (κ3) is 2.81. The Balaban J connectivity index is 1.84. The van der Waals surface area contributed by atoms with Gasteiger partial charge in [-0.2, -0.15) is 15.0 Å². The third-order valence-corrected chi connectivity index (χ3v) is 5.11. The lowest BCUT2D eigenvalue weighted by molar-refractivity contribution is 0.367. The molecule has 144 valence electrons. The molecular weight excluding hydrogens is 374 g/mol. The first-order chi connectivity index (χ1) is 14.8. The fraction of sp³-hybridized carbons (Fsp3) is 0.0417. The summed E-state index contributed by atoms with van der Waals surface area (Å²) in [5.41, 5.74) is 10.7. The molecule has 2 aromatic carbocycles. The number of nitrogens with zero attached hydrogens (tertiary/aromatic N) is 4. The summed E-state index contributed by atoms with van der Waals surface area (Å²) < 4.78 is 7.73. The third-order valence-electron chi connectivity index (χ3n) is 5.11. The summed E-state index contributed by atoms with van der Waals surface area (Å²) >= 11 is 0. The predicted molar refractivity (Wildman–Crippen MR) is 113 cm³/mol. The zero-order valence-electron chi connectivity index (χ0n) is 15.9. The number of aromatic nitrogens is 3. The van der Waals surface area contributed by atoms with Gasteiger partial charge in [0.1, 0.15) is 17.3 Å². The first-order valence-electron chi connectivity index (χ1n) is 9.49. The largest absolute Gasteiger partial charge is 0.422 e. The molecule has 0 aliphatic carbocycles. The molecule has 2 N–H and O–H groups in total. The molecule has 30 heavy (non-hydrogen) atoms. The topological polar surface area (TPSA) is 89.8 Å². The van der Waals surface area contributed by atoms with Crippen LogP contribution in [0.15, 0.2) is 96.6 Å². The van der Waals surface area contributed by atoms with E-state index >= 15 is 0 Å². The number of allylic oxidation sites excluding steroid dienone is 1. The van der Waals surface area contributed by atoms with Crippen LogP contribution in [-0.2, 0) is 0 Å². The molecule has 4 aromatic rings. The molecule has 0 saturated heterocycles. The van der Waals surface area contributed by atoms with Crippen molar-refractivity contribution in [3.8, 4) is 28.9 Å². The van der Waals surface area contributed by atoms with Crippen molar-refractivity contribution in [2.24, 2.45) is 5.73 Å². The lowest BCUT2D eigenvalue weighted by Crippen LogP contribution is -2.22. The number of hydrogen-bond acceptors (Lipinski definition) is 5. The Hall–Kier alpha value is -4.37. The number of nitrogens with two attached hydrogens (primary N) is 1. The van der Waals surface area contributed by atoms with Crippen LogP contribution in [0.1, 0.15) is 17.0 Å². The summed E-state index contributed by atoms with van der Waals surface area (Å²) in [4.78, 5) is 4.25. The second-order valence-corrected chi connectivity index (χ2v) is 6.89. The maximum absolute atomic E-state index is 9.89. The predicted octanol–water partition coefficient (Wildman–Crippen LogP) is 4.15. The van der Waals surface area contributed by atoms with Gasteiger partial charge in [0, 0.05) is 18.0 Å². The van der Waals surface area contributed by atoms with Gasteiger partial charge >= 0.3 is 0 Å². The molecule has 0 fully saturated rings. The van der Waals surface area contributed by atoms with Gasteiger partial charge in [-0.05, 0) is 23.8 Å². The van der Waals surface area contributed by atoms with Crippen molar-refractivity contribution >= 4 is 0 Å². The number of benzene rings is 2. The van der Waals surface area contributed by atoms with Crippen molar-refractivity contribution in [2.45, 2.75) is 5.92 Å². The zero-order valence-corrected chi connectivity index (χ0v) is 15.9.